The maximum atomic E-state index is 13.1. The van der Waals surface area contributed by atoms with Gasteiger partial charge >= 0.3 is 5.97 Å². The second kappa shape index (κ2) is 7.94. The lowest BCUT2D eigenvalue weighted by molar-refractivity contribution is -0.144. The lowest BCUT2D eigenvalue weighted by Crippen LogP contribution is -2.44. The van der Waals surface area contributed by atoms with Crippen molar-refractivity contribution < 1.29 is 28.6 Å². The van der Waals surface area contributed by atoms with Crippen molar-refractivity contribution in [1.82, 2.24) is 4.90 Å². The van der Waals surface area contributed by atoms with Gasteiger partial charge in [0.25, 0.3) is 0 Å². The van der Waals surface area contributed by atoms with Gasteiger partial charge in [0.2, 0.25) is 18.0 Å². The molecule has 0 radical (unpaired) electrons. The smallest absolute Gasteiger partial charge is 0.344 e. The molecule has 31 heavy (non-hydrogen) atoms. The number of hydrogen-bond donors (Lipinski definition) is 1. The summed E-state index contributed by atoms with van der Waals surface area (Å²) in [7, 11) is 2.90. The molecule has 4 rings (SSSR count). The molecule has 162 valence electrons. The quantitative estimate of drug-likeness (QED) is 0.742. The number of cyclic esters (lactones) is 1. The van der Waals surface area contributed by atoms with Crippen LogP contribution in [0.1, 0.15) is 46.1 Å². The van der Waals surface area contributed by atoms with Gasteiger partial charge in [0, 0.05) is 17.7 Å². The van der Waals surface area contributed by atoms with Crippen molar-refractivity contribution in [3.05, 3.63) is 52.6 Å². The van der Waals surface area contributed by atoms with E-state index in [0.29, 0.717) is 23.4 Å². The Labute approximate surface area is 180 Å². The number of amides is 2. The van der Waals surface area contributed by atoms with Crippen LogP contribution in [0.3, 0.4) is 0 Å². The summed E-state index contributed by atoms with van der Waals surface area (Å²) in [6, 6.07) is 8.33. The number of carbonyl (C=O) groups is 3. The number of anilines is 1. The van der Waals surface area contributed by atoms with Crippen LogP contribution in [-0.2, 0) is 14.3 Å². The third kappa shape index (κ3) is 3.48. The number of nitrogens with zero attached hydrogens (tertiary/aromatic N) is 1. The van der Waals surface area contributed by atoms with Crippen LogP contribution in [0.2, 0.25) is 0 Å². The van der Waals surface area contributed by atoms with E-state index in [1.54, 1.807) is 12.1 Å². The van der Waals surface area contributed by atoms with E-state index in [4.69, 9.17) is 14.2 Å². The minimum Gasteiger partial charge on any atom is -0.493 e. The summed E-state index contributed by atoms with van der Waals surface area (Å²) in [5, 5.41) is 2.92. The number of aryl methyl sites for hydroxylation is 2. The maximum absolute atomic E-state index is 13.1. The second-order valence-corrected chi connectivity index (χ2v) is 7.69. The van der Waals surface area contributed by atoms with E-state index < -0.39 is 18.2 Å². The number of benzene rings is 2. The zero-order valence-electron chi connectivity index (χ0n) is 17.9. The third-order valence-electron chi connectivity index (χ3n) is 5.73. The number of likely N-dealkylation sites (tertiary alicyclic amines) is 1. The van der Waals surface area contributed by atoms with E-state index in [1.165, 1.54) is 19.1 Å². The van der Waals surface area contributed by atoms with Crippen LogP contribution in [0.5, 0.6) is 11.5 Å². The van der Waals surface area contributed by atoms with Gasteiger partial charge in [0.1, 0.15) is 11.6 Å². The summed E-state index contributed by atoms with van der Waals surface area (Å²) in [5.74, 6) is -0.554. The molecule has 8 nitrogen and oxygen atoms in total. The average molecular weight is 424 g/mol. The summed E-state index contributed by atoms with van der Waals surface area (Å²) < 4.78 is 16.2. The number of fused-ring (bicyclic) bond motifs is 1. The van der Waals surface area contributed by atoms with Crippen molar-refractivity contribution >= 4 is 23.5 Å². The SMILES string of the molecule is COc1ccc2c(c1OC)C(=O)O[C@@H]2N1C(=O)CC[C@@H]1C(=O)Nc1cc(C)ccc1C. The fraction of sp³-hybridized carbons (Fsp3) is 0.348. The van der Waals surface area contributed by atoms with Gasteiger partial charge in [-0.1, -0.05) is 12.1 Å². The Morgan fingerprint density at radius 1 is 1.13 bits per heavy atom. The first kappa shape index (κ1) is 20.7. The summed E-state index contributed by atoms with van der Waals surface area (Å²) >= 11 is 0. The van der Waals surface area contributed by atoms with Gasteiger partial charge in [-0.05, 0) is 49.6 Å². The van der Waals surface area contributed by atoms with Gasteiger partial charge in [-0.3, -0.25) is 14.5 Å². The van der Waals surface area contributed by atoms with E-state index in [-0.39, 0.29) is 29.5 Å². The number of esters is 1. The molecule has 2 atom stereocenters. The topological polar surface area (TPSA) is 94.2 Å². The highest BCUT2D eigenvalue weighted by molar-refractivity contribution is 6.01. The van der Waals surface area contributed by atoms with Gasteiger partial charge in [0.15, 0.2) is 11.5 Å². The first-order chi connectivity index (χ1) is 14.8. The molecule has 8 heteroatoms. The highest BCUT2D eigenvalue weighted by Crippen LogP contribution is 2.45. The van der Waals surface area contributed by atoms with Gasteiger partial charge in [0.05, 0.1) is 14.2 Å². The first-order valence-corrected chi connectivity index (χ1v) is 10.0. The predicted molar refractivity (Wildman–Crippen MR) is 112 cm³/mol. The van der Waals surface area contributed by atoms with Crippen molar-refractivity contribution in [3.8, 4) is 11.5 Å². The summed E-state index contributed by atoms with van der Waals surface area (Å²) in [6.45, 7) is 3.85. The molecular formula is C23H24N2O6. The Bertz CT molecular complexity index is 1080. The zero-order valence-corrected chi connectivity index (χ0v) is 17.9. The van der Waals surface area contributed by atoms with Crippen LogP contribution in [0.4, 0.5) is 5.69 Å². The van der Waals surface area contributed by atoms with Crippen LogP contribution >= 0.6 is 0 Å². The molecule has 1 fully saturated rings. The molecule has 0 spiro atoms. The van der Waals surface area contributed by atoms with E-state index in [0.717, 1.165) is 11.1 Å². The average Bonchev–Trinajstić information content (AvgIpc) is 3.29. The van der Waals surface area contributed by atoms with E-state index >= 15 is 0 Å². The largest absolute Gasteiger partial charge is 0.493 e. The van der Waals surface area contributed by atoms with Crippen LogP contribution in [0, 0.1) is 13.8 Å². The molecule has 2 amide bonds. The lowest BCUT2D eigenvalue weighted by Gasteiger charge is -2.29. The molecule has 1 saturated heterocycles. The molecule has 2 aliphatic heterocycles. The summed E-state index contributed by atoms with van der Waals surface area (Å²) in [5.41, 5.74) is 3.31. The molecule has 0 aliphatic carbocycles. The van der Waals surface area contributed by atoms with Crippen molar-refractivity contribution in [2.45, 2.75) is 39.0 Å². The minimum atomic E-state index is -0.994. The third-order valence-corrected chi connectivity index (χ3v) is 5.73. The summed E-state index contributed by atoms with van der Waals surface area (Å²) in [6.07, 6.45) is -0.458. The monoisotopic (exact) mass is 424 g/mol. The number of methoxy groups -OCH3 is 2. The normalized spacial score (nSPS) is 19.8. The van der Waals surface area contributed by atoms with E-state index in [2.05, 4.69) is 5.32 Å². The molecule has 1 N–H and O–H groups in total. The van der Waals surface area contributed by atoms with Crippen molar-refractivity contribution in [3.63, 3.8) is 0 Å². The Morgan fingerprint density at radius 2 is 1.90 bits per heavy atom. The fourth-order valence-corrected chi connectivity index (χ4v) is 4.13. The molecule has 2 aliphatic rings. The molecule has 2 aromatic rings. The van der Waals surface area contributed by atoms with Crippen molar-refractivity contribution in [1.29, 1.82) is 0 Å². The summed E-state index contributed by atoms with van der Waals surface area (Å²) in [4.78, 5) is 39.9. The van der Waals surface area contributed by atoms with Gasteiger partial charge in [-0.2, -0.15) is 0 Å². The number of carbonyl (C=O) groups excluding carboxylic acids is 3. The molecule has 0 aromatic heterocycles. The Kier molecular flexibility index (Phi) is 5.31. The Morgan fingerprint density at radius 3 is 2.61 bits per heavy atom. The molecule has 2 aromatic carbocycles. The van der Waals surface area contributed by atoms with Crippen LogP contribution in [0.25, 0.3) is 0 Å². The lowest BCUT2D eigenvalue weighted by atomic mass is 10.0. The zero-order chi connectivity index (χ0) is 22.3. The fourth-order valence-electron chi connectivity index (χ4n) is 4.13. The maximum Gasteiger partial charge on any atom is 0.344 e. The standard InChI is InChI=1S/C23H24N2O6/c1-12-5-6-13(2)15(11-12)24-21(27)16-8-10-18(26)25(16)22-14-7-9-17(29-3)20(30-4)19(14)23(28)31-22/h5-7,9,11,16,22H,8,10H2,1-4H3,(H,24,27)/t16-,22+/m1/s1. The van der Waals surface area contributed by atoms with Crippen LogP contribution in [0.15, 0.2) is 30.3 Å². The first-order valence-electron chi connectivity index (χ1n) is 10.0. The van der Waals surface area contributed by atoms with Crippen LogP contribution < -0.4 is 14.8 Å². The van der Waals surface area contributed by atoms with E-state index in [1.807, 2.05) is 32.0 Å². The number of nitrogens with one attached hydrogen (secondary N) is 1. The molecule has 0 bridgehead atoms. The Hall–Kier alpha value is -3.55. The number of hydrogen-bond acceptors (Lipinski definition) is 6. The molecule has 0 unspecified atom stereocenters. The van der Waals surface area contributed by atoms with Crippen LogP contribution in [-0.4, -0.2) is 42.9 Å². The van der Waals surface area contributed by atoms with Crippen molar-refractivity contribution in [2.24, 2.45) is 0 Å². The van der Waals surface area contributed by atoms with Gasteiger partial charge in [-0.15, -0.1) is 0 Å². The van der Waals surface area contributed by atoms with Gasteiger partial charge in [-0.25, -0.2) is 4.79 Å². The second-order valence-electron chi connectivity index (χ2n) is 7.69. The molecule has 0 saturated carbocycles. The number of ether oxygens (including phenoxy) is 3. The highest BCUT2D eigenvalue weighted by atomic mass is 16.6. The Balaban J connectivity index is 1.66. The van der Waals surface area contributed by atoms with Crippen molar-refractivity contribution in [2.75, 3.05) is 19.5 Å². The van der Waals surface area contributed by atoms with E-state index in [9.17, 15) is 14.4 Å². The highest BCUT2D eigenvalue weighted by Gasteiger charge is 2.47. The minimum absolute atomic E-state index is 0.196. The molecular weight excluding hydrogens is 400 g/mol. The molecule has 2 heterocycles. The number of rotatable bonds is 5. The predicted octanol–water partition coefficient (Wildman–Crippen LogP) is 3.12. The van der Waals surface area contributed by atoms with Gasteiger partial charge < -0.3 is 19.5 Å².